The molecule has 0 aliphatic carbocycles. The number of thioether (sulfide) groups is 1. The first-order chi connectivity index (χ1) is 17.5. The van der Waals surface area contributed by atoms with Gasteiger partial charge in [-0.15, -0.1) is 0 Å². The SMILES string of the molecule is Cc1ccccc1/C=C1\SC(N2N=C(c3ccc4ccccc4c3)CC2c2ccc(Cl)cc2)=NC1=O. The van der Waals surface area contributed by atoms with Crippen LogP contribution in [0.4, 0.5) is 0 Å². The van der Waals surface area contributed by atoms with Crippen LogP contribution in [-0.2, 0) is 4.79 Å². The van der Waals surface area contributed by atoms with Crippen molar-refractivity contribution in [3.05, 3.63) is 123 Å². The second-order valence-corrected chi connectivity index (χ2v) is 10.3. The molecule has 2 aliphatic rings. The zero-order valence-corrected chi connectivity index (χ0v) is 21.1. The number of aliphatic imine (C=N–C) groups is 1. The summed E-state index contributed by atoms with van der Waals surface area (Å²) in [4.78, 5) is 17.9. The fourth-order valence-electron chi connectivity index (χ4n) is 4.56. The third kappa shape index (κ3) is 4.36. The van der Waals surface area contributed by atoms with E-state index < -0.39 is 0 Å². The smallest absolute Gasteiger partial charge is 0.266 e. The lowest BCUT2D eigenvalue weighted by atomic mass is 9.97. The van der Waals surface area contributed by atoms with Crippen LogP contribution in [-0.4, -0.2) is 21.8 Å². The second kappa shape index (κ2) is 9.41. The molecule has 0 radical (unpaired) electrons. The van der Waals surface area contributed by atoms with E-state index in [0.29, 0.717) is 21.5 Å². The van der Waals surface area contributed by atoms with Gasteiger partial charge in [0.1, 0.15) is 0 Å². The van der Waals surface area contributed by atoms with Crippen LogP contribution >= 0.6 is 23.4 Å². The molecule has 4 aromatic rings. The van der Waals surface area contributed by atoms with Gasteiger partial charge in [0.05, 0.1) is 16.7 Å². The molecule has 4 nitrogen and oxygen atoms in total. The Morgan fingerprint density at radius 3 is 2.50 bits per heavy atom. The molecule has 176 valence electrons. The molecule has 1 atom stereocenters. The summed E-state index contributed by atoms with van der Waals surface area (Å²) in [5.41, 5.74) is 5.24. The van der Waals surface area contributed by atoms with Gasteiger partial charge in [-0.2, -0.15) is 10.1 Å². The average molecular weight is 508 g/mol. The van der Waals surface area contributed by atoms with Crippen LogP contribution in [0, 0.1) is 6.92 Å². The number of fused-ring (bicyclic) bond motifs is 1. The molecule has 1 amide bonds. The average Bonchev–Trinajstić information content (AvgIpc) is 3.49. The van der Waals surface area contributed by atoms with E-state index in [4.69, 9.17) is 16.7 Å². The Hall–Kier alpha value is -3.67. The van der Waals surface area contributed by atoms with Crippen molar-refractivity contribution in [2.75, 3.05) is 0 Å². The minimum Gasteiger partial charge on any atom is -0.266 e. The van der Waals surface area contributed by atoms with Crippen molar-refractivity contribution in [2.45, 2.75) is 19.4 Å². The topological polar surface area (TPSA) is 45.0 Å². The predicted molar refractivity (Wildman–Crippen MR) is 150 cm³/mol. The number of amides is 1. The van der Waals surface area contributed by atoms with Gasteiger partial charge in [-0.25, -0.2) is 5.01 Å². The lowest BCUT2D eigenvalue weighted by Gasteiger charge is -2.22. The van der Waals surface area contributed by atoms with Crippen molar-refractivity contribution in [1.82, 2.24) is 5.01 Å². The van der Waals surface area contributed by atoms with Gasteiger partial charge in [-0.05, 0) is 76.0 Å². The molecule has 0 fully saturated rings. The first-order valence-corrected chi connectivity index (χ1v) is 12.9. The summed E-state index contributed by atoms with van der Waals surface area (Å²) >= 11 is 7.54. The molecule has 0 bridgehead atoms. The summed E-state index contributed by atoms with van der Waals surface area (Å²) in [5.74, 6) is -0.234. The molecule has 6 rings (SSSR count). The Kier molecular flexibility index (Phi) is 5.96. The molecule has 36 heavy (non-hydrogen) atoms. The molecule has 2 heterocycles. The van der Waals surface area contributed by atoms with Crippen molar-refractivity contribution < 1.29 is 4.79 Å². The van der Waals surface area contributed by atoms with Gasteiger partial charge in [0.25, 0.3) is 5.91 Å². The summed E-state index contributed by atoms with van der Waals surface area (Å²) in [7, 11) is 0. The number of aryl methyl sites for hydroxylation is 1. The maximum Gasteiger partial charge on any atom is 0.286 e. The highest BCUT2D eigenvalue weighted by Crippen LogP contribution is 2.40. The van der Waals surface area contributed by atoms with E-state index in [0.717, 1.165) is 28.0 Å². The summed E-state index contributed by atoms with van der Waals surface area (Å²) in [6.45, 7) is 2.04. The minimum absolute atomic E-state index is 0.0828. The van der Waals surface area contributed by atoms with E-state index in [1.807, 2.05) is 78.7 Å². The van der Waals surface area contributed by atoms with E-state index in [1.54, 1.807) is 0 Å². The number of carbonyl (C=O) groups is 1. The number of hydrazone groups is 1. The number of benzene rings is 4. The van der Waals surface area contributed by atoms with Gasteiger partial charge < -0.3 is 0 Å². The van der Waals surface area contributed by atoms with Crippen LogP contribution in [0.25, 0.3) is 16.8 Å². The zero-order chi connectivity index (χ0) is 24.6. The molecule has 1 unspecified atom stereocenters. The lowest BCUT2D eigenvalue weighted by molar-refractivity contribution is -0.113. The molecule has 0 aromatic heterocycles. The summed E-state index contributed by atoms with van der Waals surface area (Å²) < 4.78 is 0. The van der Waals surface area contributed by atoms with E-state index in [2.05, 4.69) is 35.3 Å². The Labute approximate surface area is 219 Å². The standard InChI is InChI=1S/C30H22ClN3OS/c1-19-6-2-3-8-22(19)17-28-29(35)32-30(36-28)34-27(21-12-14-25(31)15-13-21)18-26(33-34)24-11-10-20-7-4-5-9-23(20)16-24/h2-17,27H,18H2,1H3/b28-17-. The van der Waals surface area contributed by atoms with Crippen molar-refractivity contribution in [3.63, 3.8) is 0 Å². The van der Waals surface area contributed by atoms with Gasteiger partial charge >= 0.3 is 0 Å². The van der Waals surface area contributed by atoms with Crippen LogP contribution in [0.15, 0.2) is 106 Å². The molecule has 0 saturated carbocycles. The molecule has 0 saturated heterocycles. The molecule has 0 spiro atoms. The maximum atomic E-state index is 12.9. The Bertz CT molecular complexity index is 1590. The van der Waals surface area contributed by atoms with Crippen LogP contribution in [0.5, 0.6) is 0 Å². The van der Waals surface area contributed by atoms with E-state index in [9.17, 15) is 4.79 Å². The molecule has 2 aliphatic heterocycles. The third-order valence-electron chi connectivity index (χ3n) is 6.53. The quantitative estimate of drug-likeness (QED) is 0.268. The highest BCUT2D eigenvalue weighted by atomic mass is 35.5. The number of nitrogens with zero attached hydrogens (tertiary/aromatic N) is 3. The number of amidine groups is 1. The maximum absolute atomic E-state index is 12.9. The largest absolute Gasteiger partial charge is 0.286 e. The Morgan fingerprint density at radius 2 is 1.69 bits per heavy atom. The van der Waals surface area contributed by atoms with Crippen molar-refractivity contribution >= 4 is 57.0 Å². The van der Waals surface area contributed by atoms with Gasteiger partial charge in [0.15, 0.2) is 5.17 Å². The van der Waals surface area contributed by atoms with E-state index >= 15 is 0 Å². The van der Waals surface area contributed by atoms with Gasteiger partial charge in [-0.1, -0.05) is 84.4 Å². The summed E-state index contributed by atoms with van der Waals surface area (Å²) in [5, 5.41) is 10.5. The first-order valence-electron chi connectivity index (χ1n) is 11.7. The van der Waals surface area contributed by atoms with Crippen molar-refractivity contribution in [2.24, 2.45) is 10.1 Å². The summed E-state index contributed by atoms with van der Waals surface area (Å²) in [6.07, 6.45) is 2.62. The fourth-order valence-corrected chi connectivity index (χ4v) is 5.59. The summed E-state index contributed by atoms with van der Waals surface area (Å²) in [6, 6.07) is 30.5. The normalized spacial score (nSPS) is 18.7. The molecule has 6 heteroatoms. The van der Waals surface area contributed by atoms with Crippen molar-refractivity contribution in [3.8, 4) is 0 Å². The highest BCUT2D eigenvalue weighted by Gasteiger charge is 2.36. The fraction of sp³-hybridized carbons (Fsp3) is 0.100. The van der Waals surface area contributed by atoms with E-state index in [-0.39, 0.29) is 11.9 Å². The van der Waals surface area contributed by atoms with Crippen LogP contribution in [0.1, 0.15) is 34.7 Å². The van der Waals surface area contributed by atoms with Crippen molar-refractivity contribution in [1.29, 1.82) is 0 Å². The monoisotopic (exact) mass is 507 g/mol. The van der Waals surface area contributed by atoms with Crippen LogP contribution in [0.2, 0.25) is 5.02 Å². The molecule has 4 aromatic carbocycles. The van der Waals surface area contributed by atoms with E-state index in [1.165, 1.54) is 22.5 Å². The second-order valence-electron chi connectivity index (χ2n) is 8.89. The third-order valence-corrected chi connectivity index (χ3v) is 7.75. The van der Waals surface area contributed by atoms with Gasteiger partial charge in [-0.3, -0.25) is 4.79 Å². The number of carbonyl (C=O) groups excluding carboxylic acids is 1. The Balaban J connectivity index is 1.37. The molecular formula is C30H22ClN3OS. The first kappa shape index (κ1) is 22.8. The highest BCUT2D eigenvalue weighted by molar-refractivity contribution is 8.18. The van der Waals surface area contributed by atoms with Gasteiger partial charge in [0, 0.05) is 11.4 Å². The minimum atomic E-state index is -0.234. The van der Waals surface area contributed by atoms with Gasteiger partial charge in [0.2, 0.25) is 0 Å². The van der Waals surface area contributed by atoms with Crippen LogP contribution in [0.3, 0.4) is 0 Å². The lowest BCUT2D eigenvalue weighted by Crippen LogP contribution is -2.23. The predicted octanol–water partition coefficient (Wildman–Crippen LogP) is 7.62. The molecular weight excluding hydrogens is 486 g/mol. The number of hydrogen-bond donors (Lipinski definition) is 0. The Morgan fingerprint density at radius 1 is 0.944 bits per heavy atom. The number of hydrogen-bond acceptors (Lipinski definition) is 4. The number of halogens is 1. The zero-order valence-electron chi connectivity index (χ0n) is 19.6. The molecule has 0 N–H and O–H groups in total. The number of rotatable bonds is 3. The van der Waals surface area contributed by atoms with Crippen LogP contribution < -0.4 is 0 Å².